The standard InChI is InChI=1S/C28H23N3O6S2/c1-3-36-27(33)24-17(2)29-28-30(25(24)22-5-4-14-38-22)26(32)23(39-28)15-18-8-12-21(13-9-18)37-16-19-6-10-20(11-7-19)31(34)35/h4-15,25H,3,16H2,1-2H3/b23-15+/t25-/m1/s1. The Kier molecular flexibility index (Phi) is 7.53. The first-order valence-electron chi connectivity index (χ1n) is 12.0. The molecule has 11 heteroatoms. The Morgan fingerprint density at radius 3 is 2.54 bits per heavy atom. The van der Waals surface area contributed by atoms with Crippen LogP contribution in [0, 0.1) is 10.1 Å². The lowest BCUT2D eigenvalue weighted by Crippen LogP contribution is -2.39. The van der Waals surface area contributed by atoms with Gasteiger partial charge in [-0.25, -0.2) is 9.79 Å². The molecule has 198 valence electrons. The number of carbonyl (C=O) groups excluding carboxylic acids is 1. The number of ether oxygens (including phenoxy) is 2. The van der Waals surface area contributed by atoms with Gasteiger partial charge in [0.15, 0.2) is 4.80 Å². The minimum absolute atomic E-state index is 0.0300. The fourth-order valence-corrected chi connectivity index (χ4v) is 6.07. The van der Waals surface area contributed by atoms with Crippen molar-refractivity contribution in [1.82, 2.24) is 4.57 Å². The number of rotatable bonds is 8. The van der Waals surface area contributed by atoms with E-state index in [-0.39, 0.29) is 24.5 Å². The molecule has 1 atom stereocenters. The summed E-state index contributed by atoms with van der Waals surface area (Å²) in [6.45, 7) is 4.00. The molecule has 9 nitrogen and oxygen atoms in total. The average Bonchev–Trinajstić information content (AvgIpc) is 3.56. The molecule has 0 amide bonds. The van der Waals surface area contributed by atoms with Gasteiger partial charge in [0.1, 0.15) is 18.4 Å². The van der Waals surface area contributed by atoms with Gasteiger partial charge >= 0.3 is 5.97 Å². The lowest BCUT2D eigenvalue weighted by molar-refractivity contribution is -0.384. The molecule has 0 N–H and O–H groups in total. The Hall–Kier alpha value is -4.35. The van der Waals surface area contributed by atoms with Gasteiger partial charge in [-0.15, -0.1) is 11.3 Å². The number of thiophene rings is 1. The molecule has 0 bridgehead atoms. The lowest BCUT2D eigenvalue weighted by atomic mass is 10.0. The van der Waals surface area contributed by atoms with E-state index in [9.17, 15) is 19.7 Å². The number of benzene rings is 2. The van der Waals surface area contributed by atoms with Gasteiger partial charge in [0.05, 0.1) is 27.3 Å². The van der Waals surface area contributed by atoms with E-state index in [2.05, 4.69) is 4.99 Å². The molecule has 3 heterocycles. The van der Waals surface area contributed by atoms with Crippen molar-refractivity contribution in [1.29, 1.82) is 0 Å². The Bertz CT molecular complexity index is 1730. The van der Waals surface area contributed by atoms with Crippen LogP contribution in [-0.4, -0.2) is 22.1 Å². The van der Waals surface area contributed by atoms with Crippen molar-refractivity contribution in [2.75, 3.05) is 6.61 Å². The number of aromatic nitrogens is 1. The van der Waals surface area contributed by atoms with Gasteiger partial charge in [-0.3, -0.25) is 19.5 Å². The zero-order chi connectivity index (χ0) is 27.5. The average molecular weight is 562 g/mol. The highest BCUT2D eigenvalue weighted by atomic mass is 32.1. The maximum absolute atomic E-state index is 13.6. The van der Waals surface area contributed by atoms with Crippen LogP contribution >= 0.6 is 22.7 Å². The van der Waals surface area contributed by atoms with Crippen molar-refractivity contribution in [3.63, 3.8) is 0 Å². The summed E-state index contributed by atoms with van der Waals surface area (Å²) >= 11 is 2.74. The normalized spacial score (nSPS) is 15.0. The summed E-state index contributed by atoms with van der Waals surface area (Å²) in [7, 11) is 0. The Morgan fingerprint density at radius 2 is 1.90 bits per heavy atom. The second-order valence-electron chi connectivity index (χ2n) is 8.60. The fourth-order valence-electron chi connectivity index (χ4n) is 4.20. The van der Waals surface area contributed by atoms with Crippen molar-refractivity contribution >= 4 is 40.4 Å². The molecule has 39 heavy (non-hydrogen) atoms. The van der Waals surface area contributed by atoms with Crippen molar-refractivity contribution < 1.29 is 19.2 Å². The van der Waals surface area contributed by atoms with Gasteiger partial charge in [0.2, 0.25) is 0 Å². The molecule has 2 aromatic carbocycles. The van der Waals surface area contributed by atoms with E-state index in [4.69, 9.17) is 9.47 Å². The number of thiazole rings is 1. The third-order valence-electron chi connectivity index (χ3n) is 6.06. The first-order chi connectivity index (χ1) is 18.9. The Labute approximate surface area is 230 Å². The van der Waals surface area contributed by atoms with Crippen LogP contribution < -0.4 is 19.6 Å². The van der Waals surface area contributed by atoms with Crippen molar-refractivity contribution in [3.05, 3.63) is 123 Å². The summed E-state index contributed by atoms with van der Waals surface area (Å²) in [6, 6.07) is 16.7. The molecule has 0 radical (unpaired) electrons. The van der Waals surface area contributed by atoms with Gasteiger partial charge in [0.25, 0.3) is 11.2 Å². The number of nitro groups is 1. The first-order valence-corrected chi connectivity index (χ1v) is 13.7. The second kappa shape index (κ2) is 11.2. The predicted molar refractivity (Wildman–Crippen MR) is 149 cm³/mol. The number of nitrogens with zero attached hydrogens (tertiary/aromatic N) is 3. The van der Waals surface area contributed by atoms with Crippen LogP contribution in [0.1, 0.15) is 35.9 Å². The number of nitro benzene ring substituents is 1. The van der Waals surface area contributed by atoms with Crippen LogP contribution in [0.2, 0.25) is 0 Å². The first kappa shape index (κ1) is 26.3. The van der Waals surface area contributed by atoms with E-state index in [1.165, 1.54) is 34.8 Å². The summed E-state index contributed by atoms with van der Waals surface area (Å²) in [5.74, 6) is 0.148. The highest BCUT2D eigenvalue weighted by Gasteiger charge is 2.33. The van der Waals surface area contributed by atoms with Crippen LogP contribution in [0.25, 0.3) is 6.08 Å². The maximum atomic E-state index is 13.6. The van der Waals surface area contributed by atoms with Crippen LogP contribution in [0.4, 0.5) is 5.69 Å². The van der Waals surface area contributed by atoms with E-state index >= 15 is 0 Å². The molecule has 5 rings (SSSR count). The summed E-state index contributed by atoms with van der Waals surface area (Å²) in [5.41, 5.74) is 2.31. The number of allylic oxidation sites excluding steroid dienone is 1. The lowest BCUT2D eigenvalue weighted by Gasteiger charge is -2.23. The minimum atomic E-state index is -0.599. The van der Waals surface area contributed by atoms with Crippen LogP contribution in [0.5, 0.6) is 5.75 Å². The largest absolute Gasteiger partial charge is 0.489 e. The summed E-state index contributed by atoms with van der Waals surface area (Å²) in [6.07, 6.45) is 1.79. The number of non-ortho nitro benzene ring substituents is 1. The molecule has 0 unspecified atom stereocenters. The van der Waals surface area contributed by atoms with E-state index in [0.29, 0.717) is 26.4 Å². The Morgan fingerprint density at radius 1 is 1.15 bits per heavy atom. The molecule has 0 saturated heterocycles. The third kappa shape index (κ3) is 5.45. The molecule has 2 aromatic heterocycles. The Balaban J connectivity index is 1.42. The topological polar surface area (TPSA) is 113 Å². The molecule has 0 fully saturated rings. The van der Waals surface area contributed by atoms with Gasteiger partial charge < -0.3 is 9.47 Å². The van der Waals surface area contributed by atoms with E-state index in [1.54, 1.807) is 48.8 Å². The van der Waals surface area contributed by atoms with Gasteiger partial charge in [-0.05, 0) is 66.8 Å². The zero-order valence-electron chi connectivity index (χ0n) is 21.0. The molecule has 1 aliphatic heterocycles. The van der Waals surface area contributed by atoms with Gasteiger partial charge in [-0.2, -0.15) is 0 Å². The molecule has 0 aliphatic carbocycles. The number of hydrogen-bond donors (Lipinski definition) is 0. The maximum Gasteiger partial charge on any atom is 0.338 e. The summed E-state index contributed by atoms with van der Waals surface area (Å²) in [4.78, 5) is 42.8. The van der Waals surface area contributed by atoms with Crippen molar-refractivity contribution in [2.45, 2.75) is 26.5 Å². The van der Waals surface area contributed by atoms with Crippen molar-refractivity contribution in [2.24, 2.45) is 4.99 Å². The third-order valence-corrected chi connectivity index (χ3v) is 7.97. The van der Waals surface area contributed by atoms with Crippen LogP contribution in [0.3, 0.4) is 0 Å². The molecule has 0 saturated carbocycles. The zero-order valence-corrected chi connectivity index (χ0v) is 22.7. The van der Waals surface area contributed by atoms with E-state index in [0.717, 1.165) is 16.0 Å². The molecular formula is C28H23N3O6S2. The smallest absolute Gasteiger partial charge is 0.338 e. The highest BCUT2D eigenvalue weighted by Crippen LogP contribution is 2.33. The monoisotopic (exact) mass is 561 g/mol. The van der Waals surface area contributed by atoms with E-state index < -0.39 is 16.9 Å². The SMILES string of the molecule is CCOC(=O)C1=C(C)N=c2s/c(=C/c3ccc(OCc4ccc([N+](=O)[O-])cc4)cc3)c(=O)n2[C@@H]1c1cccs1. The molecule has 1 aliphatic rings. The molecular weight excluding hydrogens is 538 g/mol. The minimum Gasteiger partial charge on any atom is -0.489 e. The number of esters is 1. The quantitative estimate of drug-likeness (QED) is 0.180. The molecule has 4 aromatic rings. The van der Waals surface area contributed by atoms with Crippen molar-refractivity contribution in [3.8, 4) is 5.75 Å². The highest BCUT2D eigenvalue weighted by molar-refractivity contribution is 7.10. The van der Waals surface area contributed by atoms with E-state index in [1.807, 2.05) is 29.6 Å². The number of carbonyl (C=O) groups is 1. The fraction of sp³-hybridized carbons (Fsp3) is 0.179. The van der Waals surface area contributed by atoms with Gasteiger partial charge in [0, 0.05) is 17.0 Å². The summed E-state index contributed by atoms with van der Waals surface area (Å²) in [5, 5.41) is 12.7. The molecule has 0 spiro atoms. The van der Waals surface area contributed by atoms with Crippen LogP contribution in [0.15, 0.2) is 87.1 Å². The van der Waals surface area contributed by atoms with Gasteiger partial charge in [-0.1, -0.05) is 29.5 Å². The number of hydrogen-bond acceptors (Lipinski definition) is 9. The second-order valence-corrected chi connectivity index (χ2v) is 10.6. The summed E-state index contributed by atoms with van der Waals surface area (Å²) < 4.78 is 13.2. The van der Waals surface area contributed by atoms with Crippen LogP contribution in [-0.2, 0) is 16.1 Å². The number of fused-ring (bicyclic) bond motifs is 1. The predicted octanol–water partition coefficient (Wildman–Crippen LogP) is 4.35.